The number of carbonyl (C=O) groups excluding carboxylic acids is 4. The molecule has 2 heterocycles. The molecule has 8 N–H and O–H groups in total. The van der Waals surface area contributed by atoms with Crippen molar-refractivity contribution in [3.8, 4) is 0 Å². The highest BCUT2D eigenvalue weighted by Gasteiger charge is 2.99. The van der Waals surface area contributed by atoms with Gasteiger partial charge in [-0.2, -0.15) is 0 Å². The van der Waals surface area contributed by atoms with Crippen molar-refractivity contribution in [2.75, 3.05) is 96.3 Å². The summed E-state index contributed by atoms with van der Waals surface area (Å²) in [5.41, 5.74) is -19.1. The lowest BCUT2D eigenvalue weighted by Crippen LogP contribution is -2.88. The minimum Gasteiger partial charge on any atom is -0.452 e. The van der Waals surface area contributed by atoms with Crippen LogP contribution >= 0.6 is 0 Å². The Bertz CT molecular complexity index is 3140. The first kappa shape index (κ1) is 70.6. The molecule has 542 valence electrons. The second kappa shape index (κ2) is 24.6. The Morgan fingerprint density at radius 2 is 0.867 bits per heavy atom. The normalized spacial score (nSPS) is 49.3. The van der Waals surface area contributed by atoms with Crippen LogP contribution in [0.1, 0.15) is 98.8 Å². The largest absolute Gasteiger partial charge is 0.452 e. The molecule has 2 aromatic carbocycles. The van der Waals surface area contributed by atoms with Gasteiger partial charge in [-0.3, -0.25) is 19.4 Å². The van der Waals surface area contributed by atoms with Gasteiger partial charge in [0.25, 0.3) is 0 Å². The molecule has 0 amide bonds. The van der Waals surface area contributed by atoms with E-state index in [2.05, 4.69) is 9.80 Å². The number of likely N-dealkylation sites (tertiary alicyclic amines) is 2. The van der Waals surface area contributed by atoms with Crippen LogP contribution in [0, 0.1) is 57.2 Å². The van der Waals surface area contributed by atoms with Crippen molar-refractivity contribution in [2.24, 2.45) is 57.2 Å². The summed E-state index contributed by atoms with van der Waals surface area (Å²) in [6.07, 6.45) is -16.8. The molecule has 30 atom stereocenters. The van der Waals surface area contributed by atoms with Crippen LogP contribution in [0.15, 0.2) is 60.7 Å². The van der Waals surface area contributed by atoms with Gasteiger partial charge in [0.15, 0.2) is 34.6 Å². The van der Waals surface area contributed by atoms with Crippen molar-refractivity contribution in [3.63, 3.8) is 0 Å². The van der Waals surface area contributed by atoms with Crippen LogP contribution in [0.2, 0.25) is 0 Å². The maximum Gasteiger partial charge on any atom is 0.338 e. The fraction of sp³-hybridized carbons (Fsp3) is 0.778. The van der Waals surface area contributed by atoms with Gasteiger partial charge in [0.1, 0.15) is 35.6 Å². The van der Waals surface area contributed by atoms with Crippen LogP contribution in [-0.4, -0.2) is 290 Å². The average Bonchev–Trinajstić information content (AvgIpc) is 1.44. The highest BCUT2D eigenvalue weighted by atomic mass is 16.6. The summed E-state index contributed by atoms with van der Waals surface area (Å²) >= 11 is 0. The highest BCUT2D eigenvalue weighted by molar-refractivity contribution is 5.90. The van der Waals surface area contributed by atoms with Gasteiger partial charge in [0, 0.05) is 165 Å². The third kappa shape index (κ3) is 8.32. The van der Waals surface area contributed by atoms with E-state index in [4.69, 9.17) is 56.8 Å². The van der Waals surface area contributed by atoms with Crippen molar-refractivity contribution >= 4 is 23.9 Å². The lowest BCUT2D eigenvalue weighted by Gasteiger charge is -2.72. The number of benzene rings is 2. The van der Waals surface area contributed by atoms with Gasteiger partial charge in [-0.25, -0.2) is 9.59 Å². The van der Waals surface area contributed by atoms with E-state index in [0.29, 0.717) is 39.0 Å². The molecule has 2 spiro atoms. The Morgan fingerprint density at radius 3 is 1.18 bits per heavy atom. The summed E-state index contributed by atoms with van der Waals surface area (Å²) in [6, 6.07) is 14.7. The molecule has 0 radical (unpaired) electrons. The number of aliphatic hydroxyl groups excluding tert-OH is 4. The molecule has 2 aliphatic heterocycles. The number of esters is 4. The van der Waals surface area contributed by atoms with Crippen molar-refractivity contribution < 1.29 is 117 Å². The molecule has 2 saturated heterocycles. The molecular weight excluding hydrogens is 1280 g/mol. The molecule has 10 saturated carbocycles. The molecular formula is C72H100N2O24. The summed E-state index contributed by atoms with van der Waals surface area (Å²) < 4.78 is 77.3. The van der Waals surface area contributed by atoms with E-state index in [9.17, 15) is 50.4 Å². The minimum absolute atomic E-state index is 0.0459. The predicted octanol–water partition coefficient (Wildman–Crippen LogP) is 0.840. The zero-order valence-corrected chi connectivity index (χ0v) is 57.6. The van der Waals surface area contributed by atoms with Gasteiger partial charge in [0.05, 0.1) is 61.0 Å². The molecule has 0 aromatic heterocycles. The molecule has 2 aromatic rings. The first-order valence-corrected chi connectivity index (χ1v) is 35.1. The van der Waals surface area contributed by atoms with Gasteiger partial charge >= 0.3 is 23.9 Å². The van der Waals surface area contributed by atoms with E-state index in [1.54, 1.807) is 50.6 Å². The van der Waals surface area contributed by atoms with Crippen LogP contribution in [0.5, 0.6) is 0 Å². The van der Waals surface area contributed by atoms with Crippen molar-refractivity contribution in [1.29, 1.82) is 0 Å². The van der Waals surface area contributed by atoms with Crippen LogP contribution in [0.4, 0.5) is 0 Å². The maximum absolute atomic E-state index is 15.3. The Labute approximate surface area is 570 Å². The van der Waals surface area contributed by atoms with Crippen LogP contribution in [0.3, 0.4) is 0 Å². The molecule has 26 heteroatoms. The van der Waals surface area contributed by atoms with Crippen LogP contribution in [-0.2, 0) is 66.4 Å². The number of hydrogen-bond donors (Lipinski definition) is 8. The zero-order chi connectivity index (χ0) is 70.0. The number of methoxy groups -OCH3 is 8. The Morgan fingerprint density at radius 1 is 0.500 bits per heavy atom. The number of fused-ring (bicyclic) bond motifs is 4. The average molecular weight is 1380 g/mol. The van der Waals surface area contributed by atoms with Gasteiger partial charge in [-0.05, 0) is 63.0 Å². The third-order valence-electron chi connectivity index (χ3n) is 28.0. The van der Waals surface area contributed by atoms with E-state index in [0.717, 1.165) is 0 Å². The number of aliphatic hydroxyl groups is 8. The lowest BCUT2D eigenvalue weighted by molar-refractivity contribution is -0.373. The molecule has 14 bridgehead atoms. The summed E-state index contributed by atoms with van der Waals surface area (Å²) in [6.45, 7) is 5.36. The number of rotatable bonds is 25. The first-order chi connectivity index (χ1) is 46.9. The van der Waals surface area contributed by atoms with E-state index in [-0.39, 0.29) is 75.7 Å². The molecule has 10 aliphatic carbocycles. The van der Waals surface area contributed by atoms with E-state index >= 15 is 9.59 Å². The highest BCUT2D eigenvalue weighted by Crippen LogP contribution is 2.84. The zero-order valence-electron chi connectivity index (χ0n) is 57.6. The fourth-order valence-electron chi connectivity index (χ4n) is 25.6. The quantitative estimate of drug-likeness (QED) is 0.0388. The van der Waals surface area contributed by atoms with E-state index in [1.165, 1.54) is 66.9 Å². The van der Waals surface area contributed by atoms with Gasteiger partial charge in [-0.1, -0.05) is 63.1 Å². The van der Waals surface area contributed by atoms with Crippen LogP contribution in [0.25, 0.3) is 0 Å². The standard InChI is InChI=1S/C72H100N2O24/c1-11-73-33-63(35-87-3)41(75)29-43(89-5)67-39-31-65(83)57(93-9)55(79)71(47(53(67)73)49(91-7)51(63)67,69(39,85)61(65)95-59(81)37-23-17-15-18-24-37)97-45(77)27-21-13-14-22-28-46(78)98-72-48-50(92-8)52-64(36-88-4)34-74(12-2)54(48)68(52,44(90-6)30-42(64)76)40-32-66(84,58(94-10)56(72)80)62(70(40,72)86)96-60(82)38-25-19-16-20-26-38/h15-20,23-26,39-44,47-58,61-62,75-76,79-80,83-86H,11-14,21-22,27-36H2,1-10H3/t39-,40-,41+,42+,43-,44-,47+,48+,49-,50-,51+,52+,53?,54?,55-,56-,57-,58-,61-,62-,63+,64+,65-,66-,67-,68-,69-,70-,71+,72+/m0/s1. The Hall–Kier alpha value is -4.40. The second-order valence-electron chi connectivity index (χ2n) is 30.8. The number of unbranched alkanes of at least 4 members (excludes halogenated alkanes) is 3. The fourth-order valence-corrected chi connectivity index (χ4v) is 25.6. The molecule has 26 nitrogen and oxygen atoms in total. The van der Waals surface area contributed by atoms with Crippen molar-refractivity contribution in [1.82, 2.24) is 9.80 Å². The number of nitrogens with zero attached hydrogens (tertiary/aromatic N) is 2. The van der Waals surface area contributed by atoms with Crippen molar-refractivity contribution in [3.05, 3.63) is 71.8 Å². The number of carbonyl (C=O) groups is 4. The monoisotopic (exact) mass is 1380 g/mol. The SMILES string of the molecule is CCN1C[C@@]2(COC)[C@H](O)C[C@H](OC)[C@]34C1[C@@H]([C@H](OC)[C@H]23)[C@@]1(OC(=O)CCCCCCC(=O)O[C@@]23[C@@H](O)[C@H](OC)[C@@]5(O)C[C@@H]([C@@]67C8[C@H]2[C@H](OC)[C@@H]6[C@@](COC)(CN8CC)[C@H](O)C[C@@H]7OC)[C@]3(O)[C@H]5OC(=O)c2ccccc2)[C@@H](O)[C@H](OC)[C@@]2(O)C[C@@H]4[C@]1(O)[C@H]2OC(=O)c1ccccc1. The molecule has 12 fully saturated rings. The predicted molar refractivity (Wildman–Crippen MR) is 340 cm³/mol. The number of piperidine rings is 2. The summed E-state index contributed by atoms with van der Waals surface area (Å²) in [5.74, 6) is -9.60. The summed E-state index contributed by atoms with van der Waals surface area (Å²) in [7, 11) is 11.7. The third-order valence-corrected chi connectivity index (χ3v) is 28.0. The number of ether oxygens (including phenoxy) is 12. The van der Waals surface area contributed by atoms with Gasteiger partial charge in [0.2, 0.25) is 0 Å². The summed E-state index contributed by atoms with van der Waals surface area (Å²) in [5, 5.41) is 108. The lowest BCUT2D eigenvalue weighted by atomic mass is 9.41. The molecule has 2 unspecified atom stereocenters. The maximum atomic E-state index is 15.3. The van der Waals surface area contributed by atoms with Gasteiger partial charge in [-0.15, -0.1) is 0 Å². The topological polar surface area (TPSA) is 347 Å². The molecule has 98 heavy (non-hydrogen) atoms. The molecule has 12 aliphatic rings. The minimum atomic E-state index is -2.58. The van der Waals surface area contributed by atoms with Crippen LogP contribution < -0.4 is 0 Å². The van der Waals surface area contributed by atoms with Gasteiger partial charge < -0.3 is 97.7 Å². The summed E-state index contributed by atoms with van der Waals surface area (Å²) in [4.78, 5) is 63.9. The first-order valence-electron chi connectivity index (χ1n) is 35.1. The number of hydrogen-bond acceptors (Lipinski definition) is 26. The smallest absolute Gasteiger partial charge is 0.338 e. The molecule has 14 rings (SSSR count). The van der Waals surface area contributed by atoms with Crippen molar-refractivity contribution in [2.45, 2.75) is 197 Å². The Kier molecular flexibility index (Phi) is 17.8. The second-order valence-corrected chi connectivity index (χ2v) is 30.8. The Balaban J connectivity index is 0.779. The van der Waals surface area contributed by atoms with E-state index in [1.807, 2.05) is 13.8 Å². The van der Waals surface area contributed by atoms with E-state index < -0.39 is 200 Å².